The molecule has 1 aromatic rings. The molecule has 0 saturated heterocycles. The molecule has 5 heteroatoms. The molecule has 0 aliphatic rings. The van der Waals surface area contributed by atoms with Crippen LogP contribution in [0.1, 0.15) is 5.56 Å². The van der Waals surface area contributed by atoms with Crippen LogP contribution in [0.3, 0.4) is 0 Å². The number of aromatic nitrogens is 2. The maximum absolute atomic E-state index is 10.7. The molecule has 0 unspecified atom stereocenters. The van der Waals surface area contributed by atoms with Gasteiger partial charge in [-0.2, -0.15) is 0 Å². The fourth-order valence-electron chi connectivity index (χ4n) is 0.663. The first kappa shape index (κ1) is 9.67. The Bertz CT molecular complexity index is 339. The van der Waals surface area contributed by atoms with Crippen LogP contribution in [-0.4, -0.2) is 23.0 Å². The Morgan fingerprint density at radius 1 is 1.69 bits per heavy atom. The molecule has 0 fully saturated rings. The Morgan fingerprint density at radius 2 is 2.46 bits per heavy atom. The van der Waals surface area contributed by atoms with Gasteiger partial charge >= 0.3 is 5.97 Å². The Kier molecular flexibility index (Phi) is 3.40. The lowest BCUT2D eigenvalue weighted by Gasteiger charge is -1.94. The molecule has 1 heterocycles. The van der Waals surface area contributed by atoms with Crippen molar-refractivity contribution in [1.82, 2.24) is 9.97 Å². The van der Waals surface area contributed by atoms with E-state index in [1.807, 2.05) is 0 Å². The first-order valence-electron chi connectivity index (χ1n) is 3.45. The van der Waals surface area contributed by atoms with Crippen molar-refractivity contribution in [2.45, 2.75) is 0 Å². The van der Waals surface area contributed by atoms with Crippen LogP contribution < -0.4 is 0 Å². The average Bonchev–Trinajstić information content (AvgIpc) is 2.16. The van der Waals surface area contributed by atoms with Gasteiger partial charge in [-0.05, 0) is 6.08 Å². The summed E-state index contributed by atoms with van der Waals surface area (Å²) < 4.78 is 4.40. The molecule has 4 nitrogen and oxygen atoms in total. The molecular formula is C8H7ClN2O2. The Balaban J connectivity index is 2.80. The number of rotatable bonds is 2. The number of ether oxygens (including phenoxy) is 1. The van der Waals surface area contributed by atoms with Crippen LogP contribution in [0.4, 0.5) is 0 Å². The molecule has 0 aromatic carbocycles. The number of hydrogen-bond donors (Lipinski definition) is 0. The van der Waals surface area contributed by atoms with Crippen molar-refractivity contribution < 1.29 is 9.53 Å². The molecule has 68 valence electrons. The van der Waals surface area contributed by atoms with Gasteiger partial charge in [-0.3, -0.25) is 0 Å². The molecule has 1 aromatic heterocycles. The summed E-state index contributed by atoms with van der Waals surface area (Å²) in [6, 6.07) is 0. The van der Waals surface area contributed by atoms with Gasteiger partial charge in [0.2, 0.25) is 0 Å². The van der Waals surface area contributed by atoms with Gasteiger partial charge in [0.05, 0.1) is 7.11 Å². The van der Waals surface area contributed by atoms with Crippen LogP contribution in [0, 0.1) is 0 Å². The number of halogens is 1. The summed E-state index contributed by atoms with van der Waals surface area (Å²) in [5, 5.41) is 0.301. The first-order chi connectivity index (χ1) is 6.24. The Morgan fingerprint density at radius 3 is 3.08 bits per heavy atom. The molecule has 0 amide bonds. The summed E-state index contributed by atoms with van der Waals surface area (Å²) in [4.78, 5) is 18.2. The molecule has 0 saturated carbocycles. The topological polar surface area (TPSA) is 52.1 Å². The molecular weight excluding hydrogens is 192 g/mol. The zero-order valence-electron chi connectivity index (χ0n) is 6.90. The maximum Gasteiger partial charge on any atom is 0.330 e. The van der Waals surface area contributed by atoms with Crippen molar-refractivity contribution in [2.24, 2.45) is 0 Å². The lowest BCUT2D eigenvalue weighted by molar-refractivity contribution is -0.134. The third-order valence-electron chi connectivity index (χ3n) is 1.29. The van der Waals surface area contributed by atoms with E-state index in [0.717, 1.165) is 0 Å². The number of methoxy groups -OCH3 is 1. The van der Waals surface area contributed by atoms with E-state index >= 15 is 0 Å². The molecule has 0 aliphatic carbocycles. The third kappa shape index (κ3) is 2.83. The highest BCUT2D eigenvalue weighted by molar-refractivity contribution is 6.30. The van der Waals surface area contributed by atoms with Crippen molar-refractivity contribution in [2.75, 3.05) is 7.11 Å². The minimum atomic E-state index is -0.445. The normalized spacial score (nSPS) is 10.3. The van der Waals surface area contributed by atoms with E-state index in [0.29, 0.717) is 10.7 Å². The molecule has 13 heavy (non-hydrogen) atoms. The number of carbonyl (C=O) groups is 1. The maximum atomic E-state index is 10.7. The Hall–Kier alpha value is -1.42. The average molecular weight is 199 g/mol. The number of esters is 1. The molecule has 0 spiro atoms. The Labute approximate surface area is 80.2 Å². The lowest BCUT2D eigenvalue weighted by atomic mass is 10.3. The first-order valence-corrected chi connectivity index (χ1v) is 3.83. The fraction of sp³-hybridized carbons (Fsp3) is 0.125. The molecule has 0 bridgehead atoms. The van der Waals surface area contributed by atoms with Gasteiger partial charge in [0.25, 0.3) is 0 Å². The summed E-state index contributed by atoms with van der Waals surface area (Å²) in [6.45, 7) is 0. The van der Waals surface area contributed by atoms with Crippen LogP contribution in [0.2, 0.25) is 5.15 Å². The van der Waals surface area contributed by atoms with Gasteiger partial charge in [-0.15, -0.1) is 0 Å². The highest BCUT2D eigenvalue weighted by Crippen LogP contribution is 2.11. The number of nitrogens with zero attached hydrogens (tertiary/aromatic N) is 2. The summed E-state index contributed by atoms with van der Waals surface area (Å²) in [7, 11) is 1.30. The molecule has 0 N–H and O–H groups in total. The second kappa shape index (κ2) is 4.57. The summed E-state index contributed by atoms with van der Waals surface area (Å²) in [6.07, 6.45) is 5.59. The predicted molar refractivity (Wildman–Crippen MR) is 48.1 cm³/mol. The highest BCUT2D eigenvalue weighted by atomic mass is 35.5. The zero-order valence-corrected chi connectivity index (χ0v) is 7.65. The van der Waals surface area contributed by atoms with Crippen LogP contribution in [0.5, 0.6) is 0 Å². The van der Waals surface area contributed by atoms with Crippen molar-refractivity contribution in [3.8, 4) is 0 Å². The van der Waals surface area contributed by atoms with Gasteiger partial charge in [-0.1, -0.05) is 11.6 Å². The zero-order chi connectivity index (χ0) is 9.68. The van der Waals surface area contributed by atoms with Gasteiger partial charge in [0, 0.05) is 17.8 Å². The van der Waals surface area contributed by atoms with E-state index in [1.54, 1.807) is 0 Å². The van der Waals surface area contributed by atoms with Crippen LogP contribution in [0.25, 0.3) is 6.08 Å². The minimum absolute atomic E-state index is 0.301. The van der Waals surface area contributed by atoms with E-state index in [4.69, 9.17) is 11.6 Å². The molecule has 0 atom stereocenters. The van der Waals surface area contributed by atoms with E-state index in [-0.39, 0.29) is 0 Å². The monoisotopic (exact) mass is 198 g/mol. The highest BCUT2D eigenvalue weighted by Gasteiger charge is 1.97. The number of hydrogen-bond acceptors (Lipinski definition) is 4. The van der Waals surface area contributed by atoms with Crippen molar-refractivity contribution in [3.05, 3.63) is 29.3 Å². The molecule has 1 rings (SSSR count). The molecule has 0 aliphatic heterocycles. The second-order valence-corrected chi connectivity index (χ2v) is 2.48. The van der Waals surface area contributed by atoms with E-state index in [9.17, 15) is 4.79 Å². The number of carbonyl (C=O) groups excluding carboxylic acids is 1. The third-order valence-corrected chi connectivity index (χ3v) is 1.61. The van der Waals surface area contributed by atoms with Gasteiger partial charge < -0.3 is 4.74 Å². The second-order valence-electron chi connectivity index (χ2n) is 2.13. The van der Waals surface area contributed by atoms with Gasteiger partial charge in [0.1, 0.15) is 11.5 Å². The van der Waals surface area contributed by atoms with Crippen LogP contribution in [0.15, 0.2) is 18.6 Å². The SMILES string of the molecule is COC(=O)C=Cc1cncnc1Cl. The molecule has 0 radical (unpaired) electrons. The van der Waals surface area contributed by atoms with E-state index in [2.05, 4.69) is 14.7 Å². The largest absolute Gasteiger partial charge is 0.466 e. The van der Waals surface area contributed by atoms with E-state index < -0.39 is 5.97 Å². The predicted octanol–water partition coefficient (Wildman–Crippen LogP) is 1.32. The summed E-state index contributed by atoms with van der Waals surface area (Å²) in [5.41, 5.74) is 0.578. The summed E-state index contributed by atoms with van der Waals surface area (Å²) in [5.74, 6) is -0.445. The van der Waals surface area contributed by atoms with Crippen LogP contribution in [-0.2, 0) is 9.53 Å². The lowest BCUT2D eigenvalue weighted by Crippen LogP contribution is -1.93. The van der Waals surface area contributed by atoms with Crippen molar-refractivity contribution in [1.29, 1.82) is 0 Å². The quantitative estimate of drug-likeness (QED) is 0.409. The van der Waals surface area contributed by atoms with Crippen molar-refractivity contribution >= 4 is 23.6 Å². The van der Waals surface area contributed by atoms with Crippen LogP contribution >= 0.6 is 11.6 Å². The standard InChI is InChI=1S/C8H7ClN2O2/c1-13-7(12)3-2-6-4-10-5-11-8(6)9/h2-5H,1H3. The van der Waals surface area contributed by atoms with Gasteiger partial charge in [0.15, 0.2) is 0 Å². The minimum Gasteiger partial charge on any atom is -0.466 e. The smallest absolute Gasteiger partial charge is 0.330 e. The fourth-order valence-corrected chi connectivity index (χ4v) is 0.819. The van der Waals surface area contributed by atoms with Crippen molar-refractivity contribution in [3.63, 3.8) is 0 Å². The van der Waals surface area contributed by atoms with E-state index in [1.165, 1.54) is 31.8 Å². The van der Waals surface area contributed by atoms with Gasteiger partial charge in [-0.25, -0.2) is 14.8 Å². The summed E-state index contributed by atoms with van der Waals surface area (Å²) >= 11 is 5.70.